The summed E-state index contributed by atoms with van der Waals surface area (Å²) in [5.41, 5.74) is 0. The smallest absolute Gasteiger partial charge is 0.0123 e. The predicted octanol–water partition coefficient (Wildman–Crippen LogP) is 2.57. The highest BCUT2D eigenvalue weighted by Gasteiger charge is 2.36. The molecule has 3 nitrogen and oxygen atoms in total. The second-order valence-corrected chi connectivity index (χ2v) is 8.07. The topological polar surface area (TPSA) is 18.5 Å². The number of nitrogens with one attached hydrogen (secondary N) is 1. The molecule has 21 heavy (non-hydrogen) atoms. The molecule has 1 saturated carbocycles. The van der Waals surface area contributed by atoms with E-state index in [-0.39, 0.29) is 0 Å². The van der Waals surface area contributed by atoms with Gasteiger partial charge in [-0.15, -0.1) is 0 Å². The Morgan fingerprint density at radius 1 is 1.05 bits per heavy atom. The molecule has 0 spiro atoms. The van der Waals surface area contributed by atoms with Gasteiger partial charge in [0.25, 0.3) is 0 Å². The maximum atomic E-state index is 3.60. The van der Waals surface area contributed by atoms with E-state index in [2.05, 4.69) is 29.0 Å². The third-order valence-electron chi connectivity index (χ3n) is 5.53. The Labute approximate surface area is 131 Å². The predicted molar refractivity (Wildman–Crippen MR) is 89.6 cm³/mol. The molecule has 0 bridgehead atoms. The fourth-order valence-electron chi connectivity index (χ4n) is 4.33. The molecule has 1 unspecified atom stereocenters. The second-order valence-electron chi connectivity index (χ2n) is 8.07. The molecule has 0 aromatic carbocycles. The van der Waals surface area contributed by atoms with Gasteiger partial charge < -0.3 is 10.2 Å². The number of piperidine rings is 2. The van der Waals surface area contributed by atoms with Crippen molar-refractivity contribution in [1.82, 2.24) is 15.1 Å². The van der Waals surface area contributed by atoms with Gasteiger partial charge in [-0.05, 0) is 76.5 Å². The fourth-order valence-corrected chi connectivity index (χ4v) is 4.33. The van der Waals surface area contributed by atoms with Crippen molar-refractivity contribution in [1.29, 1.82) is 0 Å². The Kier molecular flexibility index (Phi) is 5.58. The van der Waals surface area contributed by atoms with Gasteiger partial charge in [0.05, 0.1) is 0 Å². The molecule has 2 saturated heterocycles. The number of hydrogen-bond acceptors (Lipinski definition) is 3. The van der Waals surface area contributed by atoms with Crippen molar-refractivity contribution in [3.8, 4) is 0 Å². The quantitative estimate of drug-likeness (QED) is 0.812. The van der Waals surface area contributed by atoms with E-state index in [0.29, 0.717) is 0 Å². The summed E-state index contributed by atoms with van der Waals surface area (Å²) < 4.78 is 0. The van der Waals surface area contributed by atoms with Crippen LogP contribution in [0, 0.1) is 11.8 Å². The molecule has 0 radical (unpaired) electrons. The van der Waals surface area contributed by atoms with Crippen molar-refractivity contribution in [2.24, 2.45) is 11.8 Å². The first kappa shape index (κ1) is 15.8. The number of hydrogen-bond donors (Lipinski definition) is 1. The van der Waals surface area contributed by atoms with Crippen LogP contribution in [0.3, 0.4) is 0 Å². The molecular weight excluding hydrogens is 258 g/mol. The minimum atomic E-state index is 0.814. The fraction of sp³-hybridized carbons (Fsp3) is 1.00. The van der Waals surface area contributed by atoms with Gasteiger partial charge >= 0.3 is 0 Å². The lowest BCUT2D eigenvalue weighted by molar-refractivity contribution is 0.0793. The molecule has 2 aliphatic heterocycles. The van der Waals surface area contributed by atoms with Gasteiger partial charge in [0.15, 0.2) is 0 Å². The van der Waals surface area contributed by atoms with E-state index in [1.165, 1.54) is 77.8 Å². The normalized spacial score (nSPS) is 29.4. The third kappa shape index (κ3) is 4.67. The van der Waals surface area contributed by atoms with E-state index in [1.807, 2.05) is 0 Å². The lowest BCUT2D eigenvalue weighted by Gasteiger charge is -2.41. The lowest BCUT2D eigenvalue weighted by Crippen LogP contribution is -2.49. The lowest BCUT2D eigenvalue weighted by atomic mass is 9.96. The Morgan fingerprint density at radius 2 is 1.76 bits per heavy atom. The molecule has 2 heterocycles. The summed E-state index contributed by atoms with van der Waals surface area (Å²) in [4.78, 5) is 5.61. The molecule has 122 valence electrons. The number of nitrogens with zero attached hydrogens (tertiary/aromatic N) is 2. The van der Waals surface area contributed by atoms with Crippen LogP contribution < -0.4 is 5.32 Å². The zero-order valence-corrected chi connectivity index (χ0v) is 14.2. The summed E-state index contributed by atoms with van der Waals surface area (Å²) in [6.45, 7) is 12.5. The molecule has 0 aromatic heterocycles. The second kappa shape index (κ2) is 7.43. The van der Waals surface area contributed by atoms with Crippen molar-refractivity contribution < 1.29 is 0 Å². The van der Waals surface area contributed by atoms with E-state index in [4.69, 9.17) is 0 Å². The Morgan fingerprint density at radius 3 is 2.33 bits per heavy atom. The number of rotatable bonds is 6. The minimum absolute atomic E-state index is 0.814. The van der Waals surface area contributed by atoms with Gasteiger partial charge in [-0.25, -0.2) is 0 Å². The SMILES string of the molecule is CC(C)CN1CCC(N(CC2CCCNC2)C2CC2)CC1. The minimum Gasteiger partial charge on any atom is -0.316 e. The van der Waals surface area contributed by atoms with Crippen LogP contribution in [0.4, 0.5) is 0 Å². The highest BCUT2D eigenvalue weighted by molar-refractivity contribution is 4.92. The van der Waals surface area contributed by atoms with Crippen molar-refractivity contribution in [3.63, 3.8) is 0 Å². The van der Waals surface area contributed by atoms with Gasteiger partial charge in [-0.3, -0.25) is 4.90 Å². The van der Waals surface area contributed by atoms with Gasteiger partial charge in [-0.1, -0.05) is 13.8 Å². The summed E-state index contributed by atoms with van der Waals surface area (Å²) in [6.07, 6.45) is 8.57. The third-order valence-corrected chi connectivity index (χ3v) is 5.53. The van der Waals surface area contributed by atoms with Crippen molar-refractivity contribution >= 4 is 0 Å². The summed E-state index contributed by atoms with van der Waals surface area (Å²) >= 11 is 0. The van der Waals surface area contributed by atoms with Crippen LogP contribution >= 0.6 is 0 Å². The van der Waals surface area contributed by atoms with Gasteiger partial charge in [0, 0.05) is 25.2 Å². The first-order chi connectivity index (χ1) is 10.2. The molecule has 0 amide bonds. The van der Waals surface area contributed by atoms with E-state index in [9.17, 15) is 0 Å². The Bertz CT molecular complexity index is 300. The van der Waals surface area contributed by atoms with Crippen molar-refractivity contribution in [2.75, 3.05) is 39.3 Å². The number of likely N-dealkylation sites (tertiary alicyclic amines) is 1. The Balaban J connectivity index is 1.48. The zero-order chi connectivity index (χ0) is 14.7. The van der Waals surface area contributed by atoms with E-state index in [1.54, 1.807) is 0 Å². The molecular formula is C18H35N3. The average Bonchev–Trinajstić information content (AvgIpc) is 3.31. The van der Waals surface area contributed by atoms with E-state index < -0.39 is 0 Å². The van der Waals surface area contributed by atoms with Crippen molar-refractivity contribution in [2.45, 2.75) is 64.5 Å². The molecule has 1 aliphatic carbocycles. The summed E-state index contributed by atoms with van der Waals surface area (Å²) in [7, 11) is 0. The molecule has 1 N–H and O–H groups in total. The van der Waals surface area contributed by atoms with Crippen LogP contribution in [0.5, 0.6) is 0 Å². The van der Waals surface area contributed by atoms with Crippen LogP contribution in [0.15, 0.2) is 0 Å². The molecule has 3 heteroatoms. The largest absolute Gasteiger partial charge is 0.316 e. The van der Waals surface area contributed by atoms with Crippen LogP contribution in [0.2, 0.25) is 0 Å². The van der Waals surface area contributed by atoms with Gasteiger partial charge in [0.1, 0.15) is 0 Å². The molecule has 3 fully saturated rings. The molecule has 3 aliphatic rings. The summed E-state index contributed by atoms with van der Waals surface area (Å²) in [5, 5.41) is 3.60. The Hall–Kier alpha value is -0.120. The van der Waals surface area contributed by atoms with Gasteiger partial charge in [0.2, 0.25) is 0 Å². The monoisotopic (exact) mass is 293 g/mol. The standard InChI is InChI=1S/C18H35N3/c1-15(2)13-20-10-7-18(8-11-20)21(17-5-6-17)14-16-4-3-9-19-12-16/h15-19H,3-14H2,1-2H3. The first-order valence-electron chi connectivity index (χ1n) is 9.41. The maximum absolute atomic E-state index is 3.60. The van der Waals surface area contributed by atoms with E-state index >= 15 is 0 Å². The van der Waals surface area contributed by atoms with Gasteiger partial charge in [-0.2, -0.15) is 0 Å². The molecule has 1 atom stereocenters. The first-order valence-corrected chi connectivity index (χ1v) is 9.41. The highest BCUT2D eigenvalue weighted by Crippen LogP contribution is 2.33. The van der Waals surface area contributed by atoms with E-state index in [0.717, 1.165) is 23.9 Å². The van der Waals surface area contributed by atoms with Crippen LogP contribution in [0.25, 0.3) is 0 Å². The van der Waals surface area contributed by atoms with Crippen LogP contribution in [-0.2, 0) is 0 Å². The van der Waals surface area contributed by atoms with Crippen LogP contribution in [-0.4, -0.2) is 61.2 Å². The highest BCUT2D eigenvalue weighted by atomic mass is 15.2. The van der Waals surface area contributed by atoms with Crippen molar-refractivity contribution in [3.05, 3.63) is 0 Å². The zero-order valence-electron chi connectivity index (χ0n) is 14.2. The maximum Gasteiger partial charge on any atom is 0.0123 e. The average molecular weight is 293 g/mol. The summed E-state index contributed by atoms with van der Waals surface area (Å²) in [6, 6.07) is 1.82. The summed E-state index contributed by atoms with van der Waals surface area (Å²) in [5.74, 6) is 1.72. The van der Waals surface area contributed by atoms with Crippen LogP contribution in [0.1, 0.15) is 52.4 Å². The molecule has 0 aromatic rings. The molecule has 3 rings (SSSR count).